The molecule has 2 aromatic carbocycles. The molecule has 2 aromatic rings. The number of halogens is 3. The molecule has 0 bridgehead atoms. The molecule has 19 heavy (non-hydrogen) atoms. The molecule has 0 aliphatic carbocycles. The molecule has 0 heterocycles. The number of aliphatic hydroxyl groups is 1. The maximum atomic E-state index is 13.3. The van der Waals surface area contributed by atoms with Crippen molar-refractivity contribution in [1.29, 1.82) is 0 Å². The van der Waals surface area contributed by atoms with Crippen LogP contribution in [0.2, 0.25) is 0 Å². The maximum Gasteiger partial charge on any atom is 0.123 e. The lowest BCUT2D eigenvalue weighted by molar-refractivity contribution is 0.182. The predicted octanol–water partition coefficient (Wildman–Crippen LogP) is 3.85. The standard InChI is InChI=1S/C15H13BrF2O/c16-9-14(19)15(10-3-1-5-12(17)7-10)11-4-2-6-13(18)8-11/h1-8,14-15,19H,9H2. The van der Waals surface area contributed by atoms with Crippen molar-refractivity contribution in [2.45, 2.75) is 12.0 Å². The van der Waals surface area contributed by atoms with E-state index in [-0.39, 0.29) is 11.6 Å². The summed E-state index contributed by atoms with van der Waals surface area (Å²) in [5.74, 6) is -1.22. The van der Waals surface area contributed by atoms with Crippen molar-refractivity contribution in [2.24, 2.45) is 0 Å². The highest BCUT2D eigenvalue weighted by molar-refractivity contribution is 9.09. The first-order valence-electron chi connectivity index (χ1n) is 5.87. The van der Waals surface area contributed by atoms with Crippen LogP contribution < -0.4 is 0 Å². The summed E-state index contributed by atoms with van der Waals surface area (Å²) in [5, 5.41) is 10.4. The minimum atomic E-state index is -0.761. The fourth-order valence-electron chi connectivity index (χ4n) is 2.13. The fourth-order valence-corrected chi connectivity index (χ4v) is 2.50. The van der Waals surface area contributed by atoms with Crippen molar-refractivity contribution >= 4 is 15.9 Å². The van der Waals surface area contributed by atoms with E-state index < -0.39 is 12.0 Å². The van der Waals surface area contributed by atoms with Gasteiger partial charge in [-0.05, 0) is 35.4 Å². The second kappa shape index (κ2) is 6.26. The molecule has 1 N–H and O–H groups in total. The van der Waals surface area contributed by atoms with Gasteiger partial charge in [0.25, 0.3) is 0 Å². The molecule has 0 aliphatic heterocycles. The van der Waals surface area contributed by atoms with Crippen molar-refractivity contribution in [2.75, 3.05) is 5.33 Å². The Morgan fingerprint density at radius 2 is 1.42 bits per heavy atom. The Kier molecular flexibility index (Phi) is 4.66. The van der Waals surface area contributed by atoms with E-state index in [0.717, 1.165) is 0 Å². The third kappa shape index (κ3) is 3.39. The van der Waals surface area contributed by atoms with Gasteiger partial charge in [0.15, 0.2) is 0 Å². The molecule has 0 radical (unpaired) electrons. The van der Waals surface area contributed by atoms with Gasteiger partial charge in [0.2, 0.25) is 0 Å². The molecule has 0 aromatic heterocycles. The number of benzene rings is 2. The minimum Gasteiger partial charge on any atom is -0.391 e. The Labute approximate surface area is 119 Å². The van der Waals surface area contributed by atoms with Crippen LogP contribution in [0.25, 0.3) is 0 Å². The van der Waals surface area contributed by atoms with Crippen LogP contribution in [0.15, 0.2) is 48.5 Å². The highest BCUT2D eigenvalue weighted by atomic mass is 79.9. The smallest absolute Gasteiger partial charge is 0.123 e. The molecule has 2 rings (SSSR count). The minimum absolute atomic E-state index is 0.324. The molecule has 0 fully saturated rings. The first kappa shape index (κ1) is 14.2. The van der Waals surface area contributed by atoms with Crippen LogP contribution >= 0.6 is 15.9 Å². The topological polar surface area (TPSA) is 20.2 Å². The van der Waals surface area contributed by atoms with Gasteiger partial charge in [-0.1, -0.05) is 40.2 Å². The Morgan fingerprint density at radius 1 is 0.947 bits per heavy atom. The number of aliphatic hydroxyl groups excluding tert-OH is 1. The summed E-state index contributed by atoms with van der Waals surface area (Å²) in [6, 6.07) is 12.0. The molecular weight excluding hydrogens is 314 g/mol. The van der Waals surface area contributed by atoms with Gasteiger partial charge in [-0.3, -0.25) is 0 Å². The summed E-state index contributed by atoms with van der Waals surface area (Å²) in [7, 11) is 0. The van der Waals surface area contributed by atoms with Gasteiger partial charge < -0.3 is 5.11 Å². The van der Waals surface area contributed by atoms with Gasteiger partial charge >= 0.3 is 0 Å². The highest BCUT2D eigenvalue weighted by Gasteiger charge is 2.23. The van der Waals surface area contributed by atoms with Gasteiger partial charge in [0.05, 0.1) is 6.10 Å². The zero-order chi connectivity index (χ0) is 13.8. The van der Waals surface area contributed by atoms with Crippen molar-refractivity contribution in [3.8, 4) is 0 Å². The summed E-state index contributed by atoms with van der Waals surface area (Å²) >= 11 is 3.21. The van der Waals surface area contributed by atoms with Crippen LogP contribution in [0.3, 0.4) is 0 Å². The van der Waals surface area contributed by atoms with Crippen LogP contribution in [0.4, 0.5) is 8.78 Å². The summed E-state index contributed by atoms with van der Waals surface area (Å²) in [6.07, 6.45) is -0.761. The molecule has 0 amide bonds. The molecule has 100 valence electrons. The molecule has 1 nitrogen and oxygen atoms in total. The van der Waals surface area contributed by atoms with E-state index in [9.17, 15) is 13.9 Å². The van der Waals surface area contributed by atoms with Crippen molar-refractivity contribution in [1.82, 2.24) is 0 Å². The van der Waals surface area contributed by atoms with E-state index in [1.165, 1.54) is 24.3 Å². The molecule has 0 saturated carbocycles. The van der Waals surface area contributed by atoms with Crippen molar-refractivity contribution < 1.29 is 13.9 Å². The molecule has 1 atom stereocenters. The first-order chi connectivity index (χ1) is 9.11. The van der Waals surface area contributed by atoms with Gasteiger partial charge in [0.1, 0.15) is 11.6 Å². The first-order valence-corrected chi connectivity index (χ1v) is 6.99. The fraction of sp³-hybridized carbons (Fsp3) is 0.200. The highest BCUT2D eigenvalue weighted by Crippen LogP contribution is 2.29. The lowest BCUT2D eigenvalue weighted by atomic mass is 9.87. The number of hydrogen-bond donors (Lipinski definition) is 1. The third-order valence-electron chi connectivity index (χ3n) is 2.96. The maximum absolute atomic E-state index is 13.3. The van der Waals surface area contributed by atoms with E-state index in [1.54, 1.807) is 24.3 Å². The van der Waals surface area contributed by atoms with Crippen molar-refractivity contribution in [3.05, 3.63) is 71.3 Å². The van der Waals surface area contributed by atoms with E-state index in [4.69, 9.17) is 0 Å². The molecule has 1 unspecified atom stereocenters. The van der Waals surface area contributed by atoms with Crippen LogP contribution in [0.5, 0.6) is 0 Å². The molecule has 0 aliphatic rings. The number of hydrogen-bond acceptors (Lipinski definition) is 1. The van der Waals surface area contributed by atoms with Crippen molar-refractivity contribution in [3.63, 3.8) is 0 Å². The lowest BCUT2D eigenvalue weighted by Gasteiger charge is -2.22. The average Bonchev–Trinajstić information content (AvgIpc) is 2.39. The van der Waals surface area contributed by atoms with E-state index in [2.05, 4.69) is 15.9 Å². The van der Waals surface area contributed by atoms with Gasteiger partial charge in [-0.2, -0.15) is 0 Å². The Morgan fingerprint density at radius 3 is 1.79 bits per heavy atom. The Balaban J connectivity index is 2.47. The Bertz CT molecular complexity index is 514. The predicted molar refractivity (Wildman–Crippen MR) is 74.4 cm³/mol. The van der Waals surface area contributed by atoms with E-state index in [0.29, 0.717) is 16.5 Å². The lowest BCUT2D eigenvalue weighted by Crippen LogP contribution is -2.21. The zero-order valence-corrected chi connectivity index (χ0v) is 11.6. The monoisotopic (exact) mass is 326 g/mol. The van der Waals surface area contributed by atoms with Gasteiger partial charge in [-0.25, -0.2) is 8.78 Å². The second-order valence-electron chi connectivity index (χ2n) is 4.31. The second-order valence-corrected chi connectivity index (χ2v) is 4.96. The summed E-state index contributed by atoms with van der Waals surface area (Å²) in [5.41, 5.74) is 1.25. The average molecular weight is 327 g/mol. The Hall–Kier alpha value is -1.26. The van der Waals surface area contributed by atoms with Crippen LogP contribution in [0.1, 0.15) is 17.0 Å². The van der Waals surface area contributed by atoms with E-state index >= 15 is 0 Å². The van der Waals surface area contributed by atoms with Crippen LogP contribution in [0, 0.1) is 11.6 Å². The summed E-state index contributed by atoms with van der Waals surface area (Å²) in [4.78, 5) is 0. The largest absolute Gasteiger partial charge is 0.391 e. The zero-order valence-electron chi connectivity index (χ0n) is 10.1. The van der Waals surface area contributed by atoms with E-state index in [1.807, 2.05) is 0 Å². The molecule has 4 heteroatoms. The number of rotatable bonds is 4. The van der Waals surface area contributed by atoms with Crippen LogP contribution in [-0.2, 0) is 0 Å². The number of alkyl halides is 1. The normalized spacial score (nSPS) is 12.7. The summed E-state index contributed by atoms with van der Waals surface area (Å²) in [6.45, 7) is 0. The van der Waals surface area contributed by atoms with Crippen LogP contribution in [-0.4, -0.2) is 16.5 Å². The molecular formula is C15H13BrF2O. The van der Waals surface area contributed by atoms with Gasteiger partial charge in [0, 0.05) is 11.2 Å². The quantitative estimate of drug-likeness (QED) is 0.846. The van der Waals surface area contributed by atoms with Gasteiger partial charge in [-0.15, -0.1) is 0 Å². The summed E-state index contributed by atoms with van der Waals surface area (Å²) < 4.78 is 26.6. The molecule has 0 saturated heterocycles. The SMILES string of the molecule is OC(CBr)C(c1cccc(F)c1)c1cccc(F)c1. The molecule has 0 spiro atoms. The third-order valence-corrected chi connectivity index (χ3v) is 3.62.